The van der Waals surface area contributed by atoms with Crippen LogP contribution >= 0.6 is 33.9 Å². The molecule has 0 spiro atoms. The molecule has 1 N–H and O–H groups in total. The van der Waals surface area contributed by atoms with Crippen LogP contribution in [0.25, 0.3) is 16.2 Å². The molecule has 0 bridgehead atoms. The summed E-state index contributed by atoms with van der Waals surface area (Å²) in [5.41, 5.74) is 3.47. The van der Waals surface area contributed by atoms with E-state index in [1.165, 1.54) is 0 Å². The number of hydrogen-bond donors (Lipinski definition) is 1. The van der Waals surface area contributed by atoms with Crippen molar-refractivity contribution in [3.8, 4) is 11.3 Å². The highest BCUT2D eigenvalue weighted by Gasteiger charge is 2.14. The van der Waals surface area contributed by atoms with E-state index in [1.807, 2.05) is 29.7 Å². The van der Waals surface area contributed by atoms with Crippen LogP contribution in [0.2, 0.25) is 0 Å². The second-order valence-electron chi connectivity index (χ2n) is 5.79. The summed E-state index contributed by atoms with van der Waals surface area (Å²) in [6.45, 7) is 2.04. The number of nitrogens with one attached hydrogen (secondary N) is 1. The third kappa shape index (κ3) is 3.36. The molecule has 0 fully saturated rings. The van der Waals surface area contributed by atoms with Gasteiger partial charge in [0, 0.05) is 32.1 Å². The standard InChI is InChI=1S/C18H14IN3O2S2/c1-12-11-25-18-20-17(10-22(12)18)13-2-6-15(7-3-13)21-26(23,24)16-8-4-14(19)5-9-16/h2-11,21H,1H3. The van der Waals surface area contributed by atoms with Crippen LogP contribution in [0, 0.1) is 10.5 Å². The maximum absolute atomic E-state index is 12.5. The molecule has 0 amide bonds. The summed E-state index contributed by atoms with van der Waals surface area (Å²) in [5, 5.41) is 2.06. The van der Waals surface area contributed by atoms with Crippen molar-refractivity contribution in [2.24, 2.45) is 0 Å². The lowest BCUT2D eigenvalue weighted by molar-refractivity contribution is 0.601. The van der Waals surface area contributed by atoms with E-state index in [4.69, 9.17) is 0 Å². The van der Waals surface area contributed by atoms with Gasteiger partial charge in [0.25, 0.3) is 10.0 Å². The fraction of sp³-hybridized carbons (Fsp3) is 0.0556. The molecular weight excluding hydrogens is 481 g/mol. The van der Waals surface area contributed by atoms with Crippen LogP contribution in [0.3, 0.4) is 0 Å². The molecule has 132 valence electrons. The molecule has 0 radical (unpaired) electrons. The maximum atomic E-state index is 12.5. The smallest absolute Gasteiger partial charge is 0.261 e. The lowest BCUT2D eigenvalue weighted by Gasteiger charge is -2.08. The molecule has 2 heterocycles. The van der Waals surface area contributed by atoms with Gasteiger partial charge in [-0.1, -0.05) is 12.1 Å². The number of sulfonamides is 1. The van der Waals surface area contributed by atoms with Crippen molar-refractivity contribution in [2.75, 3.05) is 4.72 Å². The number of halogens is 1. The number of imidazole rings is 1. The maximum Gasteiger partial charge on any atom is 0.261 e. The highest BCUT2D eigenvalue weighted by atomic mass is 127. The van der Waals surface area contributed by atoms with E-state index in [9.17, 15) is 8.42 Å². The van der Waals surface area contributed by atoms with Gasteiger partial charge in [0.2, 0.25) is 0 Å². The van der Waals surface area contributed by atoms with Gasteiger partial charge >= 0.3 is 0 Å². The Morgan fingerprint density at radius 3 is 2.42 bits per heavy atom. The molecule has 2 aromatic carbocycles. The number of anilines is 1. The molecule has 8 heteroatoms. The molecular formula is C18H14IN3O2S2. The highest BCUT2D eigenvalue weighted by Crippen LogP contribution is 2.25. The predicted octanol–water partition coefficient (Wildman–Crippen LogP) is 4.78. The normalized spacial score (nSPS) is 11.8. The molecule has 0 aliphatic rings. The molecule has 0 saturated heterocycles. The zero-order valence-corrected chi connectivity index (χ0v) is 17.5. The number of aromatic nitrogens is 2. The molecule has 2 aromatic heterocycles. The number of rotatable bonds is 4. The molecule has 0 unspecified atom stereocenters. The highest BCUT2D eigenvalue weighted by molar-refractivity contribution is 14.1. The van der Waals surface area contributed by atoms with Gasteiger partial charge in [0.15, 0.2) is 4.96 Å². The average molecular weight is 495 g/mol. The van der Waals surface area contributed by atoms with E-state index < -0.39 is 10.0 Å². The van der Waals surface area contributed by atoms with Crippen molar-refractivity contribution in [1.29, 1.82) is 0 Å². The first-order valence-corrected chi connectivity index (χ1v) is 11.2. The molecule has 5 nitrogen and oxygen atoms in total. The Kier molecular flexibility index (Phi) is 4.49. The molecule has 4 aromatic rings. The molecule has 0 aliphatic heterocycles. The van der Waals surface area contributed by atoms with E-state index in [0.29, 0.717) is 5.69 Å². The number of fused-ring (bicyclic) bond motifs is 1. The van der Waals surface area contributed by atoms with Gasteiger partial charge in [0.1, 0.15) is 0 Å². The molecule has 0 atom stereocenters. The Labute approximate surface area is 168 Å². The monoisotopic (exact) mass is 495 g/mol. The summed E-state index contributed by atoms with van der Waals surface area (Å²) in [6.07, 6.45) is 1.99. The van der Waals surface area contributed by atoms with Crippen molar-refractivity contribution in [3.63, 3.8) is 0 Å². The van der Waals surface area contributed by atoms with E-state index in [0.717, 1.165) is 25.5 Å². The molecule has 0 aliphatic carbocycles. The van der Waals surface area contributed by atoms with Gasteiger partial charge in [-0.2, -0.15) is 0 Å². The zero-order valence-electron chi connectivity index (χ0n) is 13.7. The summed E-state index contributed by atoms with van der Waals surface area (Å²) in [7, 11) is -3.60. The van der Waals surface area contributed by atoms with Crippen LogP contribution in [0.4, 0.5) is 5.69 Å². The van der Waals surface area contributed by atoms with E-state index in [1.54, 1.807) is 47.7 Å². The minimum Gasteiger partial charge on any atom is -0.294 e. The summed E-state index contributed by atoms with van der Waals surface area (Å²) in [4.78, 5) is 5.79. The number of aryl methyl sites for hydroxylation is 1. The first kappa shape index (κ1) is 17.5. The van der Waals surface area contributed by atoms with Gasteiger partial charge < -0.3 is 0 Å². The van der Waals surface area contributed by atoms with Gasteiger partial charge in [-0.15, -0.1) is 11.3 Å². The van der Waals surface area contributed by atoms with Gasteiger partial charge in [-0.3, -0.25) is 9.12 Å². The Morgan fingerprint density at radius 2 is 1.77 bits per heavy atom. The second kappa shape index (κ2) is 6.67. The summed E-state index contributed by atoms with van der Waals surface area (Å²) < 4.78 is 30.6. The fourth-order valence-electron chi connectivity index (χ4n) is 2.57. The predicted molar refractivity (Wildman–Crippen MR) is 113 cm³/mol. The fourth-order valence-corrected chi connectivity index (χ4v) is 4.84. The number of nitrogens with zero attached hydrogens (tertiary/aromatic N) is 2. The van der Waals surface area contributed by atoms with Crippen molar-refractivity contribution < 1.29 is 8.42 Å². The first-order chi connectivity index (χ1) is 12.4. The van der Waals surface area contributed by atoms with Gasteiger partial charge in [-0.25, -0.2) is 13.4 Å². The molecule has 26 heavy (non-hydrogen) atoms. The average Bonchev–Trinajstić information content (AvgIpc) is 3.18. The van der Waals surface area contributed by atoms with Gasteiger partial charge in [0.05, 0.1) is 10.6 Å². The van der Waals surface area contributed by atoms with Crippen molar-refractivity contribution in [3.05, 3.63) is 69.4 Å². The second-order valence-corrected chi connectivity index (χ2v) is 9.56. The number of benzene rings is 2. The van der Waals surface area contributed by atoms with E-state index in [2.05, 4.69) is 37.7 Å². The van der Waals surface area contributed by atoms with E-state index >= 15 is 0 Å². The number of thiazole rings is 1. The summed E-state index contributed by atoms with van der Waals surface area (Å²) in [5.74, 6) is 0. The van der Waals surface area contributed by atoms with Gasteiger partial charge in [-0.05, 0) is 65.9 Å². The third-order valence-electron chi connectivity index (χ3n) is 3.95. The van der Waals surface area contributed by atoms with Crippen LogP contribution in [-0.4, -0.2) is 17.8 Å². The quantitative estimate of drug-likeness (QED) is 0.415. The SMILES string of the molecule is Cc1csc2nc(-c3ccc(NS(=O)(=O)c4ccc(I)cc4)cc3)cn12. The lowest BCUT2D eigenvalue weighted by atomic mass is 10.1. The van der Waals surface area contributed by atoms with Crippen molar-refractivity contribution in [2.45, 2.75) is 11.8 Å². The van der Waals surface area contributed by atoms with Crippen LogP contribution in [-0.2, 0) is 10.0 Å². The summed E-state index contributed by atoms with van der Waals surface area (Å²) in [6, 6.07) is 14.0. The summed E-state index contributed by atoms with van der Waals surface area (Å²) >= 11 is 3.74. The van der Waals surface area contributed by atoms with Crippen molar-refractivity contribution >= 4 is 54.6 Å². The van der Waals surface area contributed by atoms with Crippen LogP contribution < -0.4 is 4.72 Å². The first-order valence-electron chi connectivity index (χ1n) is 7.74. The van der Waals surface area contributed by atoms with Crippen LogP contribution in [0.5, 0.6) is 0 Å². The third-order valence-corrected chi connectivity index (χ3v) is 7.02. The van der Waals surface area contributed by atoms with Crippen LogP contribution in [0.1, 0.15) is 5.69 Å². The zero-order chi connectivity index (χ0) is 18.3. The Morgan fingerprint density at radius 1 is 1.08 bits per heavy atom. The minimum absolute atomic E-state index is 0.242. The lowest BCUT2D eigenvalue weighted by Crippen LogP contribution is -2.12. The molecule has 0 saturated carbocycles. The topological polar surface area (TPSA) is 63.5 Å². The Balaban J connectivity index is 1.58. The Hall–Kier alpha value is -1.91. The minimum atomic E-state index is -3.60. The Bertz CT molecular complexity index is 1180. The van der Waals surface area contributed by atoms with Crippen LogP contribution in [0.15, 0.2) is 65.0 Å². The molecule has 4 rings (SSSR count). The van der Waals surface area contributed by atoms with Crippen molar-refractivity contribution in [1.82, 2.24) is 9.38 Å². The number of hydrogen-bond acceptors (Lipinski definition) is 4. The largest absolute Gasteiger partial charge is 0.294 e. The van der Waals surface area contributed by atoms with E-state index in [-0.39, 0.29) is 4.90 Å².